The van der Waals surface area contributed by atoms with Gasteiger partial charge in [0.25, 0.3) is 0 Å². The maximum atomic E-state index is 11.4. The van der Waals surface area contributed by atoms with Crippen molar-refractivity contribution in [1.29, 1.82) is 0 Å². The lowest BCUT2D eigenvalue weighted by Crippen LogP contribution is -2.17. The Morgan fingerprint density at radius 2 is 1.88 bits per heavy atom. The molecule has 0 saturated carbocycles. The maximum absolute atomic E-state index is 11.4. The molecule has 0 aliphatic heterocycles. The van der Waals surface area contributed by atoms with Crippen LogP contribution in [-0.4, -0.2) is 45.5 Å². The van der Waals surface area contributed by atoms with Gasteiger partial charge in [-0.15, -0.1) is 0 Å². The number of benzene rings is 1. The van der Waals surface area contributed by atoms with Gasteiger partial charge in [0.1, 0.15) is 11.4 Å². The second-order valence-electron chi connectivity index (χ2n) is 4.95. The van der Waals surface area contributed by atoms with Crippen molar-refractivity contribution in [3.63, 3.8) is 0 Å². The lowest BCUT2D eigenvalue weighted by atomic mass is 10.1. The van der Waals surface area contributed by atoms with E-state index in [1.54, 1.807) is 7.11 Å². The fourth-order valence-electron chi connectivity index (χ4n) is 1.93. The van der Waals surface area contributed by atoms with Gasteiger partial charge in [0.15, 0.2) is 0 Å². The van der Waals surface area contributed by atoms with Crippen molar-refractivity contribution in [2.75, 3.05) is 44.5 Å². The lowest BCUT2D eigenvalue weighted by Gasteiger charge is -2.16. The van der Waals surface area contributed by atoms with Gasteiger partial charge in [0.05, 0.1) is 18.9 Å². The van der Waals surface area contributed by atoms with E-state index in [4.69, 9.17) is 26.7 Å². The Morgan fingerprint density at radius 3 is 2.50 bits per heavy atom. The Balaban J connectivity index is 2.75. The van der Waals surface area contributed by atoms with Gasteiger partial charge in [-0.1, -0.05) is 0 Å². The van der Waals surface area contributed by atoms with E-state index in [1.807, 2.05) is 0 Å². The minimum absolute atomic E-state index is 0.186. The molecule has 0 heterocycles. The van der Waals surface area contributed by atoms with Gasteiger partial charge in [-0.25, -0.2) is 4.79 Å². The zero-order valence-electron chi connectivity index (χ0n) is 13.7. The Bertz CT molecular complexity index is 565. The molecule has 0 aromatic heterocycles. The van der Waals surface area contributed by atoms with Crippen LogP contribution in [0.4, 0.5) is 16.2 Å². The molecule has 0 aliphatic rings. The summed E-state index contributed by atoms with van der Waals surface area (Å²) in [6.07, 6.45) is 0.397. The molecule has 9 heteroatoms. The number of nitrogen functional groups attached to an aromatic ring is 1. The summed E-state index contributed by atoms with van der Waals surface area (Å²) < 4.78 is 15.3. The van der Waals surface area contributed by atoms with Gasteiger partial charge in [0.2, 0.25) is 5.91 Å². The van der Waals surface area contributed by atoms with Crippen LogP contribution in [0.3, 0.4) is 0 Å². The molecule has 0 bridgehead atoms. The average Bonchev–Trinajstić information content (AvgIpc) is 2.52. The molecular formula is C15H24N4O5. The number of hydrogen-bond donors (Lipinski definition) is 4. The van der Waals surface area contributed by atoms with Gasteiger partial charge in [-0.3, -0.25) is 4.79 Å². The van der Waals surface area contributed by atoms with E-state index in [1.165, 1.54) is 12.1 Å². The third-order valence-electron chi connectivity index (χ3n) is 3.03. The zero-order valence-corrected chi connectivity index (χ0v) is 13.7. The quantitative estimate of drug-likeness (QED) is 0.341. The molecule has 7 N–H and O–H groups in total. The molecule has 2 amide bonds. The molecule has 1 aromatic carbocycles. The summed E-state index contributed by atoms with van der Waals surface area (Å²) in [4.78, 5) is 21.9. The van der Waals surface area contributed by atoms with E-state index in [-0.39, 0.29) is 12.2 Å². The molecule has 0 saturated heterocycles. The highest BCUT2D eigenvalue weighted by molar-refractivity contribution is 5.96. The number of methoxy groups -OCH3 is 1. The molecule has 0 radical (unpaired) electrons. The van der Waals surface area contributed by atoms with Crippen molar-refractivity contribution < 1.29 is 23.8 Å². The highest BCUT2D eigenvalue weighted by Crippen LogP contribution is 2.32. The van der Waals surface area contributed by atoms with E-state index in [2.05, 4.69) is 10.1 Å². The van der Waals surface area contributed by atoms with Crippen molar-refractivity contribution in [2.24, 2.45) is 11.5 Å². The van der Waals surface area contributed by atoms with Crippen LogP contribution in [0.1, 0.15) is 23.2 Å². The summed E-state index contributed by atoms with van der Waals surface area (Å²) in [6.45, 7) is 1.61. The van der Waals surface area contributed by atoms with Crippen molar-refractivity contribution in [3.05, 3.63) is 17.7 Å². The minimum atomic E-state index is -0.817. The Morgan fingerprint density at radius 1 is 1.12 bits per heavy atom. The van der Waals surface area contributed by atoms with Crippen LogP contribution >= 0.6 is 0 Å². The van der Waals surface area contributed by atoms with E-state index in [0.717, 1.165) is 0 Å². The van der Waals surface area contributed by atoms with Crippen LogP contribution in [0, 0.1) is 0 Å². The second kappa shape index (κ2) is 10.2. The van der Waals surface area contributed by atoms with Crippen LogP contribution in [0.5, 0.6) is 5.75 Å². The number of nitrogens with two attached hydrogens (primary N) is 3. The monoisotopic (exact) mass is 340 g/mol. The topological polar surface area (TPSA) is 152 Å². The van der Waals surface area contributed by atoms with Crippen LogP contribution in [0.2, 0.25) is 0 Å². The van der Waals surface area contributed by atoms with E-state index >= 15 is 0 Å². The molecule has 0 atom stereocenters. The van der Waals surface area contributed by atoms with Crippen molar-refractivity contribution in [1.82, 2.24) is 0 Å². The molecule has 1 aromatic rings. The SMILES string of the molecule is COCCCOc1cc(C(N)=O)cc(N)c1NCCCOC(N)=O. The number of carbonyl (C=O) groups excluding carboxylic acids is 2. The minimum Gasteiger partial charge on any atom is -0.491 e. The molecule has 1 rings (SSSR count). The summed E-state index contributed by atoms with van der Waals surface area (Å²) in [5, 5.41) is 3.10. The first-order valence-electron chi connectivity index (χ1n) is 7.47. The Kier molecular flexibility index (Phi) is 8.20. The predicted octanol–water partition coefficient (Wildman–Crippen LogP) is 0.680. The lowest BCUT2D eigenvalue weighted by molar-refractivity contribution is 0.0999. The second-order valence-corrected chi connectivity index (χ2v) is 4.95. The summed E-state index contributed by atoms with van der Waals surface area (Å²) >= 11 is 0. The predicted molar refractivity (Wildman–Crippen MR) is 90.0 cm³/mol. The van der Waals surface area contributed by atoms with Crippen LogP contribution in [0.25, 0.3) is 0 Å². The van der Waals surface area contributed by atoms with E-state index in [9.17, 15) is 9.59 Å². The van der Waals surface area contributed by atoms with Gasteiger partial charge >= 0.3 is 6.09 Å². The Labute approximate surface area is 140 Å². The van der Waals surface area contributed by atoms with Crippen molar-refractivity contribution in [3.8, 4) is 5.75 Å². The summed E-state index contributed by atoms with van der Waals surface area (Å²) in [7, 11) is 1.60. The molecule has 0 aliphatic carbocycles. The van der Waals surface area contributed by atoms with E-state index in [0.29, 0.717) is 49.7 Å². The summed E-state index contributed by atoms with van der Waals surface area (Å²) in [6, 6.07) is 3.01. The van der Waals surface area contributed by atoms with Crippen molar-refractivity contribution in [2.45, 2.75) is 12.8 Å². The normalized spacial score (nSPS) is 10.2. The third kappa shape index (κ3) is 6.61. The van der Waals surface area contributed by atoms with Gasteiger partial charge in [0, 0.05) is 32.2 Å². The number of carbonyl (C=O) groups is 2. The number of hydrogen-bond acceptors (Lipinski definition) is 7. The van der Waals surface area contributed by atoms with Crippen LogP contribution in [0.15, 0.2) is 12.1 Å². The van der Waals surface area contributed by atoms with E-state index < -0.39 is 12.0 Å². The molecule has 9 nitrogen and oxygen atoms in total. The fraction of sp³-hybridized carbons (Fsp3) is 0.467. The first-order valence-corrected chi connectivity index (χ1v) is 7.47. The standard InChI is InChI=1S/C15H24N4O5/c1-22-5-3-7-23-12-9-10(14(17)20)8-11(16)13(12)19-4-2-6-24-15(18)21/h8-9,19H,2-7,16H2,1H3,(H2,17,20)(H2,18,21). The maximum Gasteiger partial charge on any atom is 0.404 e. The number of amides is 2. The number of ether oxygens (including phenoxy) is 3. The van der Waals surface area contributed by atoms with Gasteiger partial charge < -0.3 is 36.7 Å². The number of rotatable bonds is 11. The molecule has 0 fully saturated rings. The largest absolute Gasteiger partial charge is 0.491 e. The zero-order chi connectivity index (χ0) is 17.9. The molecular weight excluding hydrogens is 316 g/mol. The van der Waals surface area contributed by atoms with Crippen LogP contribution in [-0.2, 0) is 9.47 Å². The third-order valence-corrected chi connectivity index (χ3v) is 3.03. The number of nitrogens with one attached hydrogen (secondary N) is 1. The van der Waals surface area contributed by atoms with Gasteiger partial charge in [-0.05, 0) is 18.6 Å². The smallest absolute Gasteiger partial charge is 0.404 e. The molecule has 0 unspecified atom stereocenters. The molecule has 134 valence electrons. The highest BCUT2D eigenvalue weighted by Gasteiger charge is 2.13. The molecule has 0 spiro atoms. The first kappa shape index (κ1) is 19.4. The number of primary amides is 2. The highest BCUT2D eigenvalue weighted by atomic mass is 16.5. The van der Waals surface area contributed by atoms with Crippen LogP contribution < -0.4 is 27.3 Å². The van der Waals surface area contributed by atoms with Gasteiger partial charge in [-0.2, -0.15) is 0 Å². The average molecular weight is 340 g/mol. The summed E-state index contributed by atoms with van der Waals surface area (Å²) in [5.41, 5.74) is 17.3. The summed E-state index contributed by atoms with van der Waals surface area (Å²) in [5.74, 6) is -0.166. The fourth-order valence-corrected chi connectivity index (χ4v) is 1.93. The Hall–Kier alpha value is -2.68. The molecule has 24 heavy (non-hydrogen) atoms. The number of anilines is 2. The first-order chi connectivity index (χ1) is 11.5. The van der Waals surface area contributed by atoms with Crippen molar-refractivity contribution >= 4 is 23.4 Å².